The van der Waals surface area contributed by atoms with E-state index in [1.54, 1.807) is 23.9 Å². The zero-order valence-corrected chi connectivity index (χ0v) is 18.3. The monoisotopic (exact) mass is 438 g/mol. The summed E-state index contributed by atoms with van der Waals surface area (Å²) in [4.78, 5) is 25.3. The van der Waals surface area contributed by atoms with Gasteiger partial charge in [-0.05, 0) is 37.1 Å². The number of aryl methyl sites for hydroxylation is 2. The quantitative estimate of drug-likeness (QED) is 0.593. The molecule has 0 aliphatic carbocycles. The Morgan fingerprint density at radius 1 is 1.23 bits per heavy atom. The predicted octanol–water partition coefficient (Wildman–Crippen LogP) is 4.49. The van der Waals surface area contributed by atoms with Gasteiger partial charge in [0, 0.05) is 23.4 Å². The third-order valence-electron chi connectivity index (χ3n) is 5.28. The van der Waals surface area contributed by atoms with Crippen molar-refractivity contribution in [2.24, 2.45) is 0 Å². The van der Waals surface area contributed by atoms with Crippen LogP contribution in [0.15, 0.2) is 42.5 Å². The number of nitrogens with one attached hydrogen (secondary N) is 2. The van der Waals surface area contributed by atoms with Gasteiger partial charge in [-0.25, -0.2) is 4.68 Å². The number of nitrogens with zero attached hydrogens (tertiary/aromatic N) is 2. The molecule has 0 saturated heterocycles. The van der Waals surface area contributed by atoms with Gasteiger partial charge in [-0.3, -0.25) is 9.59 Å². The highest BCUT2D eigenvalue weighted by atomic mass is 35.5. The van der Waals surface area contributed by atoms with Crippen LogP contribution in [0.4, 0.5) is 11.5 Å². The zero-order valence-electron chi connectivity index (χ0n) is 17.5. The Morgan fingerprint density at radius 3 is 2.65 bits per heavy atom. The number of carbonyl (C=O) groups is 2. The molecule has 0 fully saturated rings. The van der Waals surface area contributed by atoms with Crippen molar-refractivity contribution in [3.63, 3.8) is 0 Å². The SMILES string of the molecule is COCc1nn2c(c1-c1ccc(C)cc1)NC(=O)C2CC(=O)Nc1ccc(C)c(Cl)c1. The Hall–Kier alpha value is -3.16. The summed E-state index contributed by atoms with van der Waals surface area (Å²) in [7, 11) is 1.60. The van der Waals surface area contributed by atoms with E-state index in [0.29, 0.717) is 28.8 Å². The number of fused-ring (bicyclic) bond motifs is 1. The van der Waals surface area contributed by atoms with Gasteiger partial charge in [-0.2, -0.15) is 5.10 Å². The van der Waals surface area contributed by atoms with Gasteiger partial charge in [-0.1, -0.05) is 47.5 Å². The number of halogens is 1. The molecule has 2 aromatic carbocycles. The summed E-state index contributed by atoms with van der Waals surface area (Å²) in [6.07, 6.45) is -0.0498. The van der Waals surface area contributed by atoms with Crippen LogP contribution in [0.1, 0.15) is 29.3 Å². The lowest BCUT2D eigenvalue weighted by Gasteiger charge is -2.11. The number of rotatable bonds is 6. The molecule has 0 saturated carbocycles. The fourth-order valence-corrected chi connectivity index (χ4v) is 3.82. The minimum atomic E-state index is -0.745. The van der Waals surface area contributed by atoms with Crippen molar-refractivity contribution in [1.82, 2.24) is 9.78 Å². The van der Waals surface area contributed by atoms with E-state index in [1.165, 1.54) is 0 Å². The molecule has 1 aliphatic heterocycles. The minimum absolute atomic E-state index is 0.0498. The van der Waals surface area contributed by atoms with Crippen LogP contribution in [0.3, 0.4) is 0 Å². The Kier molecular flexibility index (Phi) is 5.80. The molecule has 1 unspecified atom stereocenters. The predicted molar refractivity (Wildman–Crippen MR) is 120 cm³/mol. The zero-order chi connectivity index (χ0) is 22.1. The molecule has 2 amide bonds. The largest absolute Gasteiger partial charge is 0.378 e. The van der Waals surface area contributed by atoms with Gasteiger partial charge < -0.3 is 15.4 Å². The van der Waals surface area contributed by atoms with Gasteiger partial charge in [0.25, 0.3) is 5.91 Å². The normalized spacial score (nSPS) is 15.0. The molecular weight excluding hydrogens is 416 g/mol. The second kappa shape index (κ2) is 8.53. The van der Waals surface area contributed by atoms with Crippen LogP contribution >= 0.6 is 11.6 Å². The average molecular weight is 439 g/mol. The molecule has 2 heterocycles. The van der Waals surface area contributed by atoms with Crippen molar-refractivity contribution >= 4 is 34.9 Å². The number of amides is 2. The molecule has 4 rings (SSSR count). The van der Waals surface area contributed by atoms with Crippen LogP contribution in [0, 0.1) is 13.8 Å². The van der Waals surface area contributed by atoms with Crippen LogP contribution in [0.5, 0.6) is 0 Å². The summed E-state index contributed by atoms with van der Waals surface area (Å²) in [6.45, 7) is 4.19. The number of hydrogen-bond acceptors (Lipinski definition) is 4. The summed E-state index contributed by atoms with van der Waals surface area (Å²) in [6, 6.07) is 12.5. The first kappa shape index (κ1) is 21.1. The second-order valence-corrected chi connectivity index (χ2v) is 8.04. The van der Waals surface area contributed by atoms with Gasteiger partial charge in [0.05, 0.1) is 18.7 Å². The highest BCUT2D eigenvalue weighted by molar-refractivity contribution is 6.31. The van der Waals surface area contributed by atoms with E-state index in [0.717, 1.165) is 22.3 Å². The molecule has 0 spiro atoms. The van der Waals surface area contributed by atoms with Crippen molar-refractivity contribution in [2.45, 2.75) is 32.9 Å². The first-order valence-electron chi connectivity index (χ1n) is 9.91. The summed E-state index contributed by atoms with van der Waals surface area (Å²) in [5, 5.41) is 10.9. The Morgan fingerprint density at radius 2 is 1.97 bits per heavy atom. The van der Waals surface area contributed by atoms with Gasteiger partial charge in [0.2, 0.25) is 5.91 Å². The molecule has 3 aromatic rings. The lowest BCUT2D eigenvalue weighted by atomic mass is 10.0. The van der Waals surface area contributed by atoms with Crippen molar-refractivity contribution in [3.05, 3.63) is 64.3 Å². The number of ether oxygens (including phenoxy) is 1. The lowest BCUT2D eigenvalue weighted by molar-refractivity contribution is -0.123. The number of benzene rings is 2. The molecular formula is C23H23ClN4O3. The summed E-state index contributed by atoms with van der Waals surface area (Å²) < 4.78 is 6.90. The molecule has 0 bridgehead atoms. The third-order valence-corrected chi connectivity index (χ3v) is 5.69. The summed E-state index contributed by atoms with van der Waals surface area (Å²) >= 11 is 6.13. The molecule has 160 valence electrons. The lowest BCUT2D eigenvalue weighted by Crippen LogP contribution is -2.24. The second-order valence-electron chi connectivity index (χ2n) is 7.64. The Balaban J connectivity index is 1.61. The number of anilines is 2. The summed E-state index contributed by atoms with van der Waals surface area (Å²) in [5.74, 6) is 0.0163. The number of aromatic nitrogens is 2. The van der Waals surface area contributed by atoms with E-state index < -0.39 is 6.04 Å². The first-order chi connectivity index (χ1) is 14.9. The third kappa shape index (κ3) is 4.19. The van der Waals surface area contributed by atoms with Crippen LogP contribution in [-0.4, -0.2) is 28.7 Å². The fraction of sp³-hybridized carbons (Fsp3) is 0.261. The molecule has 0 radical (unpaired) electrons. The number of methoxy groups -OCH3 is 1. The highest BCUT2D eigenvalue weighted by Crippen LogP contribution is 2.39. The maximum absolute atomic E-state index is 12.7. The Bertz CT molecular complexity index is 1150. The molecule has 1 atom stereocenters. The van der Waals surface area contributed by atoms with Crippen LogP contribution in [0.2, 0.25) is 5.02 Å². The molecule has 1 aliphatic rings. The van der Waals surface area contributed by atoms with Gasteiger partial charge in [-0.15, -0.1) is 0 Å². The van der Waals surface area contributed by atoms with E-state index in [9.17, 15) is 9.59 Å². The topological polar surface area (TPSA) is 85.2 Å². The summed E-state index contributed by atoms with van der Waals surface area (Å²) in [5.41, 5.74) is 5.08. The van der Waals surface area contributed by atoms with E-state index >= 15 is 0 Å². The minimum Gasteiger partial charge on any atom is -0.378 e. The van der Waals surface area contributed by atoms with Gasteiger partial charge >= 0.3 is 0 Å². The molecule has 2 N–H and O–H groups in total. The van der Waals surface area contributed by atoms with Gasteiger partial charge in [0.15, 0.2) is 0 Å². The maximum atomic E-state index is 12.7. The number of carbonyl (C=O) groups excluding carboxylic acids is 2. The van der Waals surface area contributed by atoms with E-state index in [1.807, 2.05) is 44.2 Å². The fourth-order valence-electron chi connectivity index (χ4n) is 3.64. The molecule has 1 aromatic heterocycles. The molecule has 7 nitrogen and oxygen atoms in total. The smallest absolute Gasteiger partial charge is 0.251 e. The van der Waals surface area contributed by atoms with Crippen molar-refractivity contribution < 1.29 is 14.3 Å². The van der Waals surface area contributed by atoms with Crippen LogP contribution in [-0.2, 0) is 20.9 Å². The van der Waals surface area contributed by atoms with E-state index in [2.05, 4.69) is 15.7 Å². The maximum Gasteiger partial charge on any atom is 0.251 e. The highest BCUT2D eigenvalue weighted by Gasteiger charge is 2.37. The van der Waals surface area contributed by atoms with E-state index in [4.69, 9.17) is 16.3 Å². The Labute approximate surface area is 185 Å². The molecule has 31 heavy (non-hydrogen) atoms. The van der Waals surface area contributed by atoms with Crippen LogP contribution in [0.25, 0.3) is 11.1 Å². The van der Waals surface area contributed by atoms with Crippen molar-refractivity contribution in [3.8, 4) is 11.1 Å². The number of hydrogen-bond donors (Lipinski definition) is 2. The van der Waals surface area contributed by atoms with Crippen LogP contribution < -0.4 is 10.6 Å². The first-order valence-corrected chi connectivity index (χ1v) is 10.3. The van der Waals surface area contributed by atoms with E-state index in [-0.39, 0.29) is 18.2 Å². The van der Waals surface area contributed by atoms with Crippen molar-refractivity contribution in [2.75, 3.05) is 17.7 Å². The average Bonchev–Trinajstić information content (AvgIpc) is 3.21. The van der Waals surface area contributed by atoms with Gasteiger partial charge in [0.1, 0.15) is 11.9 Å². The van der Waals surface area contributed by atoms with Crippen molar-refractivity contribution in [1.29, 1.82) is 0 Å². The standard InChI is InChI=1S/C23H23ClN4O3/c1-13-4-7-15(8-5-13)21-18(12-31-3)27-28-19(23(30)26-22(21)28)11-20(29)25-16-9-6-14(2)17(24)10-16/h4-10,19H,11-12H2,1-3H3,(H,25,29)(H,26,30). The molecule has 8 heteroatoms.